The molecule has 0 saturated carbocycles. The first kappa shape index (κ1) is 34.9. The largest absolute Gasteiger partial charge is 0.481 e. The van der Waals surface area contributed by atoms with Gasteiger partial charge in [0, 0.05) is 13.0 Å². The number of benzene rings is 1. The molecule has 2 rings (SSSR count). The minimum absolute atomic E-state index is 0.0248. The quantitative estimate of drug-likeness (QED) is 0.0641. The van der Waals surface area contributed by atoms with Crippen LogP contribution in [-0.2, 0) is 30.4 Å². The number of aliphatic imine (C=N–C) groups is 1. The van der Waals surface area contributed by atoms with Crippen LogP contribution in [0.1, 0.15) is 44.1 Å². The Morgan fingerprint density at radius 3 is 2.16 bits per heavy atom. The van der Waals surface area contributed by atoms with Gasteiger partial charge in [-0.1, -0.05) is 30.3 Å². The highest BCUT2D eigenvalue weighted by Crippen LogP contribution is 2.09. The first-order valence-corrected chi connectivity index (χ1v) is 14.1. The second-order valence-corrected chi connectivity index (χ2v) is 10.2. The molecule has 0 aromatic heterocycles. The fourth-order valence-corrected chi connectivity index (χ4v) is 4.45. The molecule has 16 nitrogen and oxygen atoms in total. The molecule has 238 valence electrons. The lowest BCUT2D eigenvalue weighted by molar-refractivity contribution is -0.141. The van der Waals surface area contributed by atoms with E-state index in [0.717, 1.165) is 0 Å². The monoisotopic (exact) mass is 605 g/mol. The molecule has 16 heteroatoms. The zero-order valence-electron chi connectivity index (χ0n) is 24.0. The number of aliphatic hydroxyl groups is 1. The van der Waals surface area contributed by atoms with Gasteiger partial charge in [0.1, 0.15) is 24.4 Å². The van der Waals surface area contributed by atoms with E-state index >= 15 is 0 Å². The van der Waals surface area contributed by atoms with Crippen molar-refractivity contribution in [2.75, 3.05) is 19.6 Å². The van der Waals surface area contributed by atoms with Gasteiger partial charge in [0.15, 0.2) is 5.96 Å². The summed E-state index contributed by atoms with van der Waals surface area (Å²) >= 11 is 0. The number of carbonyl (C=O) groups is 5. The summed E-state index contributed by atoms with van der Waals surface area (Å²) in [6.45, 7) is 0.0802. The van der Waals surface area contributed by atoms with Crippen molar-refractivity contribution in [2.24, 2.45) is 22.2 Å². The van der Waals surface area contributed by atoms with Crippen LogP contribution in [0.15, 0.2) is 35.3 Å². The molecular weight excluding hydrogens is 562 g/mol. The molecule has 1 aliphatic rings. The van der Waals surface area contributed by atoms with Crippen molar-refractivity contribution >= 4 is 35.6 Å². The second-order valence-electron chi connectivity index (χ2n) is 10.2. The first-order valence-electron chi connectivity index (χ1n) is 14.1. The predicted octanol–water partition coefficient (Wildman–Crippen LogP) is -3.25. The predicted molar refractivity (Wildman–Crippen MR) is 157 cm³/mol. The lowest BCUT2D eigenvalue weighted by Crippen LogP contribution is -2.58. The lowest BCUT2D eigenvalue weighted by atomic mass is 10.0. The van der Waals surface area contributed by atoms with Crippen LogP contribution in [0.5, 0.6) is 0 Å². The molecule has 1 aliphatic heterocycles. The minimum atomic E-state index is -1.52. The molecule has 1 aromatic rings. The number of guanidine groups is 1. The maximum Gasteiger partial charge on any atom is 0.305 e. The molecule has 1 aromatic carbocycles. The normalized spacial score (nSPS) is 23.9. The molecule has 4 amide bonds. The van der Waals surface area contributed by atoms with Crippen LogP contribution in [0.25, 0.3) is 0 Å². The Bertz CT molecular complexity index is 1120. The summed E-state index contributed by atoms with van der Waals surface area (Å²) in [5.41, 5.74) is 17.1. The van der Waals surface area contributed by atoms with Crippen LogP contribution in [0.2, 0.25) is 0 Å². The molecule has 1 saturated heterocycles. The summed E-state index contributed by atoms with van der Waals surface area (Å²) in [6, 6.07) is 4.07. The molecule has 0 aliphatic carbocycles. The summed E-state index contributed by atoms with van der Waals surface area (Å²) in [7, 11) is 0. The highest BCUT2D eigenvalue weighted by molar-refractivity contribution is 5.96. The number of hydrogen-bond acceptors (Lipinski definition) is 9. The molecule has 5 unspecified atom stereocenters. The standard InChI is InChI=1S/C27H43N9O7/c28-11-5-4-9-18-24(41)34-17(10-6-12-31-27(29)30)23(40)32-15-21(37)33-20(14-22(38)39)26(43)36-19(25(42)35-18)13-16-7-2-1-3-8-16/h1-3,7-8,17-20,23,32,40H,4-6,9-15,28H2,(H,33,37)(H,34,41)(H,35,42)(H,36,43)(H,38,39)(H4,29,30,31). The van der Waals surface area contributed by atoms with Crippen molar-refractivity contribution in [3.63, 3.8) is 0 Å². The van der Waals surface area contributed by atoms with Gasteiger partial charge in [-0.05, 0) is 44.2 Å². The molecule has 0 bridgehead atoms. The zero-order chi connectivity index (χ0) is 31.8. The van der Waals surface area contributed by atoms with E-state index in [1.165, 1.54) is 0 Å². The summed E-state index contributed by atoms with van der Waals surface area (Å²) < 4.78 is 0. The van der Waals surface area contributed by atoms with Gasteiger partial charge in [-0.15, -0.1) is 0 Å². The van der Waals surface area contributed by atoms with Gasteiger partial charge < -0.3 is 48.7 Å². The number of hydrogen-bond donors (Lipinski definition) is 10. The minimum Gasteiger partial charge on any atom is -0.481 e. The number of rotatable bonds is 12. The number of nitrogens with two attached hydrogens (primary N) is 3. The molecule has 1 heterocycles. The van der Waals surface area contributed by atoms with Crippen LogP contribution < -0.4 is 43.8 Å². The van der Waals surface area contributed by atoms with Gasteiger partial charge in [0.05, 0.1) is 19.0 Å². The van der Waals surface area contributed by atoms with E-state index in [-0.39, 0.29) is 31.8 Å². The first-order chi connectivity index (χ1) is 20.5. The number of aliphatic hydroxyl groups excluding tert-OH is 1. The van der Waals surface area contributed by atoms with Crippen LogP contribution in [0.4, 0.5) is 0 Å². The van der Waals surface area contributed by atoms with Crippen molar-refractivity contribution in [3.05, 3.63) is 35.9 Å². The van der Waals surface area contributed by atoms with Crippen LogP contribution in [0, 0.1) is 0 Å². The van der Waals surface area contributed by atoms with Crippen molar-refractivity contribution in [3.8, 4) is 0 Å². The van der Waals surface area contributed by atoms with Crippen molar-refractivity contribution in [1.29, 1.82) is 0 Å². The molecule has 5 atom stereocenters. The van der Waals surface area contributed by atoms with Gasteiger partial charge in [0.2, 0.25) is 23.6 Å². The Morgan fingerprint density at radius 2 is 1.51 bits per heavy atom. The molecule has 43 heavy (non-hydrogen) atoms. The molecule has 1 fully saturated rings. The number of aliphatic carboxylic acids is 1. The van der Waals surface area contributed by atoms with Gasteiger partial charge in [-0.25, -0.2) is 0 Å². The van der Waals surface area contributed by atoms with E-state index in [1.54, 1.807) is 30.3 Å². The number of nitrogens with one attached hydrogen (secondary N) is 5. The van der Waals surface area contributed by atoms with Gasteiger partial charge in [0.25, 0.3) is 0 Å². The van der Waals surface area contributed by atoms with E-state index < -0.39 is 73.0 Å². The van der Waals surface area contributed by atoms with E-state index in [0.29, 0.717) is 31.4 Å². The van der Waals surface area contributed by atoms with Gasteiger partial charge >= 0.3 is 5.97 Å². The average molecular weight is 606 g/mol. The summed E-state index contributed by atoms with van der Waals surface area (Å²) in [4.78, 5) is 68.3. The van der Waals surface area contributed by atoms with E-state index in [9.17, 15) is 34.2 Å². The summed E-state index contributed by atoms with van der Waals surface area (Å²) in [5.74, 6) is -4.44. The maximum atomic E-state index is 13.6. The molecule has 0 radical (unpaired) electrons. The number of nitrogens with zero attached hydrogens (tertiary/aromatic N) is 1. The third-order valence-electron chi connectivity index (χ3n) is 6.67. The Labute approximate surface area is 249 Å². The third-order valence-corrected chi connectivity index (χ3v) is 6.67. The molecule has 0 spiro atoms. The number of carboxylic acids is 1. The summed E-state index contributed by atoms with van der Waals surface area (Å²) in [6.07, 6.45) is -0.313. The fraction of sp³-hybridized carbons (Fsp3) is 0.556. The SMILES string of the molecule is NCCCCC1NC(=O)C(Cc2ccccc2)NC(=O)C(CC(=O)O)NC(=O)CNC(O)C(CCCN=C(N)N)NC1=O. The average Bonchev–Trinajstić information content (AvgIpc) is 2.95. The van der Waals surface area contributed by atoms with Crippen molar-refractivity contribution in [1.82, 2.24) is 26.6 Å². The van der Waals surface area contributed by atoms with E-state index in [4.69, 9.17) is 17.2 Å². The summed E-state index contributed by atoms with van der Waals surface area (Å²) in [5, 5.41) is 33.1. The highest BCUT2D eigenvalue weighted by atomic mass is 16.4. The highest BCUT2D eigenvalue weighted by Gasteiger charge is 2.33. The lowest BCUT2D eigenvalue weighted by Gasteiger charge is -2.28. The number of carboxylic acid groups (broad SMARTS) is 1. The molecule has 13 N–H and O–H groups in total. The zero-order valence-corrected chi connectivity index (χ0v) is 24.0. The second kappa shape index (κ2) is 18.3. The van der Waals surface area contributed by atoms with Crippen LogP contribution in [-0.4, -0.2) is 95.8 Å². The van der Waals surface area contributed by atoms with Gasteiger partial charge in [-0.3, -0.25) is 34.3 Å². The van der Waals surface area contributed by atoms with Gasteiger partial charge in [-0.2, -0.15) is 0 Å². The fourth-order valence-electron chi connectivity index (χ4n) is 4.45. The van der Waals surface area contributed by atoms with Crippen molar-refractivity contribution < 1.29 is 34.2 Å². The Morgan fingerprint density at radius 1 is 0.860 bits per heavy atom. The molecular formula is C27H43N9O7. The van der Waals surface area contributed by atoms with E-state index in [1.807, 2.05) is 0 Å². The third kappa shape index (κ3) is 13.1. The van der Waals surface area contributed by atoms with E-state index in [2.05, 4.69) is 31.6 Å². The topological polar surface area (TPSA) is 276 Å². The smallest absolute Gasteiger partial charge is 0.305 e. The Hall–Kier alpha value is -4.28. The van der Waals surface area contributed by atoms with Crippen LogP contribution in [0.3, 0.4) is 0 Å². The number of amides is 4. The Kier molecular flexibility index (Phi) is 14.9. The van der Waals surface area contributed by atoms with Crippen molar-refractivity contribution in [2.45, 2.75) is 75.3 Å². The maximum absolute atomic E-state index is 13.6. The number of unbranched alkanes of at least 4 members (excludes halogenated alkanes) is 1. The van der Waals surface area contributed by atoms with Crippen LogP contribution >= 0.6 is 0 Å². The number of carbonyl (C=O) groups excluding carboxylic acids is 4. The Balaban J connectivity index is 2.43.